The van der Waals surface area contributed by atoms with E-state index in [1.165, 1.54) is 0 Å². The Morgan fingerprint density at radius 2 is 1.86 bits per heavy atom. The van der Waals surface area contributed by atoms with Crippen LogP contribution in [0.25, 0.3) is 0 Å². The Morgan fingerprint density at radius 1 is 1.21 bits per heavy atom. The fourth-order valence-corrected chi connectivity index (χ4v) is 1.15. The fourth-order valence-electron chi connectivity index (χ4n) is 1.15. The van der Waals surface area contributed by atoms with E-state index in [-0.39, 0.29) is 5.60 Å². The van der Waals surface area contributed by atoms with Gasteiger partial charge < -0.3 is 4.74 Å². The van der Waals surface area contributed by atoms with Crippen molar-refractivity contribution in [1.82, 2.24) is 0 Å². The Balaban J connectivity index is 2.96. The first-order valence-corrected chi connectivity index (χ1v) is 4.73. The Morgan fingerprint density at radius 3 is 2.43 bits per heavy atom. The number of benzene rings is 1. The molecule has 0 unspecified atom stereocenters. The summed E-state index contributed by atoms with van der Waals surface area (Å²) in [5, 5.41) is 0. The van der Waals surface area contributed by atoms with E-state index in [0.29, 0.717) is 0 Å². The highest BCUT2D eigenvalue weighted by Gasteiger charge is 2.13. The molecule has 0 aliphatic carbocycles. The number of aliphatic imine (C=N–C) groups is 1. The second-order valence-corrected chi connectivity index (χ2v) is 4.14. The molecule has 76 valence electrons. The molecular weight excluding hydrogens is 174 g/mol. The van der Waals surface area contributed by atoms with Crippen LogP contribution in [-0.4, -0.2) is 18.9 Å². The second-order valence-electron chi connectivity index (χ2n) is 4.14. The second kappa shape index (κ2) is 4.27. The number of para-hydroxylation sites is 1. The van der Waals surface area contributed by atoms with Gasteiger partial charge in [0.15, 0.2) is 0 Å². The summed E-state index contributed by atoms with van der Waals surface area (Å²) in [4.78, 5) is 3.99. The zero-order chi connectivity index (χ0) is 10.6. The molecule has 0 saturated heterocycles. The Bertz CT molecular complexity index is 323. The minimum atomic E-state index is -0.169. The maximum absolute atomic E-state index is 5.79. The Kier molecular flexibility index (Phi) is 3.28. The van der Waals surface area contributed by atoms with Crippen molar-refractivity contribution >= 4 is 6.21 Å². The summed E-state index contributed by atoms with van der Waals surface area (Å²) in [5.74, 6) is 0.880. The molecule has 0 bridgehead atoms. The quantitative estimate of drug-likeness (QED) is 0.659. The van der Waals surface area contributed by atoms with Crippen molar-refractivity contribution in [2.45, 2.75) is 26.4 Å². The molecule has 0 saturated carbocycles. The number of ether oxygens (including phenoxy) is 1. The summed E-state index contributed by atoms with van der Waals surface area (Å²) in [7, 11) is 1.76. The van der Waals surface area contributed by atoms with Crippen LogP contribution in [0.2, 0.25) is 0 Å². The van der Waals surface area contributed by atoms with Crippen LogP contribution in [0, 0.1) is 0 Å². The number of nitrogens with zero attached hydrogens (tertiary/aromatic N) is 1. The molecule has 1 rings (SSSR count). The minimum absolute atomic E-state index is 0.169. The van der Waals surface area contributed by atoms with Gasteiger partial charge in [-0.15, -0.1) is 0 Å². The van der Waals surface area contributed by atoms with Gasteiger partial charge in [-0.2, -0.15) is 0 Å². The molecule has 0 atom stereocenters. The van der Waals surface area contributed by atoms with Crippen molar-refractivity contribution in [2.75, 3.05) is 7.05 Å². The van der Waals surface area contributed by atoms with Gasteiger partial charge in [0, 0.05) is 18.8 Å². The molecule has 2 heteroatoms. The van der Waals surface area contributed by atoms with Crippen LogP contribution in [-0.2, 0) is 0 Å². The molecule has 0 amide bonds. The molecule has 0 radical (unpaired) electrons. The summed E-state index contributed by atoms with van der Waals surface area (Å²) in [6, 6.07) is 7.90. The first-order chi connectivity index (χ1) is 6.53. The van der Waals surface area contributed by atoms with E-state index in [1.54, 1.807) is 13.3 Å². The lowest BCUT2D eigenvalue weighted by molar-refractivity contribution is 0.130. The van der Waals surface area contributed by atoms with E-state index in [2.05, 4.69) is 4.99 Å². The van der Waals surface area contributed by atoms with Crippen molar-refractivity contribution in [3.8, 4) is 5.75 Å². The maximum Gasteiger partial charge on any atom is 0.128 e. The highest BCUT2D eigenvalue weighted by Crippen LogP contribution is 2.21. The Labute approximate surface area is 85.6 Å². The summed E-state index contributed by atoms with van der Waals surface area (Å²) >= 11 is 0. The van der Waals surface area contributed by atoms with Crippen LogP contribution in [0.1, 0.15) is 26.3 Å². The van der Waals surface area contributed by atoms with Crippen molar-refractivity contribution in [3.05, 3.63) is 29.8 Å². The molecule has 0 N–H and O–H groups in total. The first kappa shape index (κ1) is 10.8. The average Bonchev–Trinajstić information content (AvgIpc) is 2.06. The standard InChI is InChI=1S/C12H17NO/c1-12(2,3)14-11-8-6-5-7-10(11)9-13-4/h5-9H,1-4H3. The highest BCUT2D eigenvalue weighted by atomic mass is 16.5. The topological polar surface area (TPSA) is 21.6 Å². The predicted molar refractivity (Wildman–Crippen MR) is 60.3 cm³/mol. The molecule has 0 spiro atoms. The van der Waals surface area contributed by atoms with Crippen LogP contribution < -0.4 is 4.74 Å². The third-order valence-electron chi connectivity index (χ3n) is 1.60. The van der Waals surface area contributed by atoms with Crippen LogP contribution in [0.5, 0.6) is 5.75 Å². The molecular formula is C12H17NO. The summed E-state index contributed by atoms with van der Waals surface area (Å²) in [6.07, 6.45) is 1.81. The zero-order valence-corrected chi connectivity index (χ0v) is 9.24. The van der Waals surface area contributed by atoms with E-state index in [4.69, 9.17) is 4.74 Å². The molecule has 0 aliphatic rings. The Hall–Kier alpha value is -1.31. The van der Waals surface area contributed by atoms with Gasteiger partial charge in [0.25, 0.3) is 0 Å². The summed E-state index contributed by atoms with van der Waals surface area (Å²) < 4.78 is 5.79. The van der Waals surface area contributed by atoms with E-state index in [1.807, 2.05) is 45.0 Å². The van der Waals surface area contributed by atoms with Gasteiger partial charge in [-0.05, 0) is 32.9 Å². The van der Waals surface area contributed by atoms with E-state index >= 15 is 0 Å². The minimum Gasteiger partial charge on any atom is -0.487 e. The molecule has 0 aromatic heterocycles. The van der Waals surface area contributed by atoms with Gasteiger partial charge in [-0.3, -0.25) is 4.99 Å². The molecule has 1 aromatic carbocycles. The van der Waals surface area contributed by atoms with Crippen LogP contribution in [0.4, 0.5) is 0 Å². The monoisotopic (exact) mass is 191 g/mol. The van der Waals surface area contributed by atoms with E-state index in [0.717, 1.165) is 11.3 Å². The average molecular weight is 191 g/mol. The lowest BCUT2D eigenvalue weighted by Crippen LogP contribution is -2.23. The van der Waals surface area contributed by atoms with Gasteiger partial charge in [-0.1, -0.05) is 12.1 Å². The predicted octanol–water partition coefficient (Wildman–Crippen LogP) is 2.91. The largest absolute Gasteiger partial charge is 0.487 e. The van der Waals surface area contributed by atoms with Crippen LogP contribution in [0.3, 0.4) is 0 Å². The molecule has 0 aliphatic heterocycles. The lowest BCUT2D eigenvalue weighted by atomic mass is 10.1. The zero-order valence-electron chi connectivity index (χ0n) is 9.24. The number of hydrogen-bond acceptors (Lipinski definition) is 2. The fraction of sp³-hybridized carbons (Fsp3) is 0.417. The van der Waals surface area contributed by atoms with Crippen molar-refractivity contribution < 1.29 is 4.74 Å². The van der Waals surface area contributed by atoms with Crippen LogP contribution in [0.15, 0.2) is 29.3 Å². The van der Waals surface area contributed by atoms with E-state index < -0.39 is 0 Å². The lowest BCUT2D eigenvalue weighted by Gasteiger charge is -2.22. The van der Waals surface area contributed by atoms with Crippen molar-refractivity contribution in [3.63, 3.8) is 0 Å². The van der Waals surface area contributed by atoms with Gasteiger partial charge in [-0.25, -0.2) is 0 Å². The summed E-state index contributed by atoms with van der Waals surface area (Å²) in [6.45, 7) is 6.10. The van der Waals surface area contributed by atoms with Gasteiger partial charge in [0.05, 0.1) is 0 Å². The first-order valence-electron chi connectivity index (χ1n) is 4.73. The molecule has 1 aromatic rings. The number of hydrogen-bond donors (Lipinski definition) is 0. The third kappa shape index (κ3) is 3.21. The smallest absolute Gasteiger partial charge is 0.128 e. The maximum atomic E-state index is 5.79. The molecule has 0 fully saturated rings. The highest BCUT2D eigenvalue weighted by molar-refractivity contribution is 5.83. The van der Waals surface area contributed by atoms with Gasteiger partial charge in [0.1, 0.15) is 11.4 Å². The third-order valence-corrected chi connectivity index (χ3v) is 1.60. The summed E-state index contributed by atoms with van der Waals surface area (Å²) in [5.41, 5.74) is 0.849. The normalized spacial score (nSPS) is 12.0. The molecule has 0 heterocycles. The van der Waals surface area contributed by atoms with Crippen molar-refractivity contribution in [2.24, 2.45) is 4.99 Å². The van der Waals surface area contributed by atoms with Gasteiger partial charge in [0.2, 0.25) is 0 Å². The van der Waals surface area contributed by atoms with Gasteiger partial charge >= 0.3 is 0 Å². The van der Waals surface area contributed by atoms with Crippen LogP contribution >= 0.6 is 0 Å². The SMILES string of the molecule is CN=Cc1ccccc1OC(C)(C)C. The van der Waals surface area contributed by atoms with Crippen molar-refractivity contribution in [1.29, 1.82) is 0 Å². The molecule has 2 nitrogen and oxygen atoms in total. The molecule has 14 heavy (non-hydrogen) atoms. The van der Waals surface area contributed by atoms with E-state index in [9.17, 15) is 0 Å². The number of rotatable bonds is 2.